The van der Waals surface area contributed by atoms with Gasteiger partial charge in [-0.15, -0.1) is 0 Å². The normalized spacial score (nSPS) is 14.3. The van der Waals surface area contributed by atoms with E-state index in [1.165, 1.54) is 0 Å². The molecule has 0 saturated heterocycles. The van der Waals surface area contributed by atoms with Gasteiger partial charge in [0, 0.05) is 30.3 Å². The lowest BCUT2D eigenvalue weighted by Gasteiger charge is -2.14. The molecular formula is C15H20N2O2. The fourth-order valence-electron chi connectivity index (χ4n) is 1.87. The monoisotopic (exact) mass is 260 g/mol. The summed E-state index contributed by atoms with van der Waals surface area (Å²) in [6.45, 7) is 4.24. The second kappa shape index (κ2) is 5.89. The van der Waals surface area contributed by atoms with Crippen LogP contribution >= 0.6 is 0 Å². The number of nitrogens with two attached hydrogens (primary N) is 1. The molecule has 19 heavy (non-hydrogen) atoms. The van der Waals surface area contributed by atoms with Gasteiger partial charge in [0.05, 0.1) is 0 Å². The minimum atomic E-state index is -0.171. The van der Waals surface area contributed by atoms with Crippen molar-refractivity contribution in [2.75, 3.05) is 6.54 Å². The maximum atomic E-state index is 11.7. The van der Waals surface area contributed by atoms with Crippen molar-refractivity contribution in [2.24, 2.45) is 11.7 Å². The molecule has 0 radical (unpaired) electrons. The van der Waals surface area contributed by atoms with E-state index in [1.54, 1.807) is 0 Å². The Balaban J connectivity index is 1.87. The molecule has 102 valence electrons. The Morgan fingerprint density at radius 1 is 1.37 bits per heavy atom. The van der Waals surface area contributed by atoms with E-state index in [0.717, 1.165) is 16.7 Å². The van der Waals surface area contributed by atoms with Crippen LogP contribution < -0.4 is 11.1 Å². The Kier molecular flexibility index (Phi) is 4.22. The van der Waals surface area contributed by atoms with Crippen LogP contribution in [-0.2, 0) is 11.2 Å². The van der Waals surface area contributed by atoms with Gasteiger partial charge in [0.15, 0.2) is 0 Å². The van der Waals surface area contributed by atoms with Gasteiger partial charge in [-0.2, -0.15) is 0 Å². The van der Waals surface area contributed by atoms with Gasteiger partial charge in [-0.25, -0.2) is 0 Å². The van der Waals surface area contributed by atoms with Gasteiger partial charge < -0.3 is 15.5 Å². The van der Waals surface area contributed by atoms with E-state index in [4.69, 9.17) is 10.2 Å². The number of nitrogens with one attached hydrogen (secondary N) is 1. The smallest absolute Gasteiger partial charge is 0.224 e. The van der Waals surface area contributed by atoms with Crippen molar-refractivity contribution in [1.29, 1.82) is 0 Å². The summed E-state index contributed by atoms with van der Waals surface area (Å²) in [4.78, 5) is 11.7. The minimum absolute atomic E-state index is 0.00823. The summed E-state index contributed by atoms with van der Waals surface area (Å²) >= 11 is 0. The quantitative estimate of drug-likeness (QED) is 0.864. The SMILES string of the molecule is CC(N)C(C)C(=O)NCCc1cc2ccccc2o1. The zero-order valence-corrected chi connectivity index (χ0v) is 11.3. The topological polar surface area (TPSA) is 68.3 Å². The molecule has 0 aliphatic heterocycles. The van der Waals surface area contributed by atoms with Gasteiger partial charge in [0.25, 0.3) is 0 Å². The molecule has 0 aliphatic rings. The van der Waals surface area contributed by atoms with Crippen molar-refractivity contribution >= 4 is 16.9 Å². The van der Waals surface area contributed by atoms with Gasteiger partial charge in [-0.05, 0) is 19.1 Å². The number of furan rings is 1. The highest BCUT2D eigenvalue weighted by Crippen LogP contribution is 2.18. The second-order valence-corrected chi connectivity index (χ2v) is 4.94. The lowest BCUT2D eigenvalue weighted by molar-refractivity contribution is -0.124. The maximum absolute atomic E-state index is 11.7. The Labute approximate surface area is 113 Å². The van der Waals surface area contributed by atoms with E-state index < -0.39 is 0 Å². The maximum Gasteiger partial charge on any atom is 0.224 e. The summed E-state index contributed by atoms with van der Waals surface area (Å²) in [6, 6.07) is 9.76. The highest BCUT2D eigenvalue weighted by Gasteiger charge is 2.16. The fraction of sp³-hybridized carbons (Fsp3) is 0.400. The number of hydrogen-bond acceptors (Lipinski definition) is 3. The second-order valence-electron chi connectivity index (χ2n) is 4.94. The molecule has 0 bridgehead atoms. The summed E-state index contributed by atoms with van der Waals surface area (Å²) < 4.78 is 5.68. The molecule has 0 saturated carbocycles. The molecule has 2 aromatic rings. The van der Waals surface area contributed by atoms with E-state index in [2.05, 4.69) is 5.32 Å². The van der Waals surface area contributed by atoms with Crippen molar-refractivity contribution in [1.82, 2.24) is 5.32 Å². The lowest BCUT2D eigenvalue weighted by atomic mass is 10.0. The minimum Gasteiger partial charge on any atom is -0.461 e. The molecule has 3 N–H and O–H groups in total. The summed E-state index contributed by atoms with van der Waals surface area (Å²) in [5, 5.41) is 3.97. The Hall–Kier alpha value is -1.81. The highest BCUT2D eigenvalue weighted by molar-refractivity contribution is 5.79. The van der Waals surface area contributed by atoms with Crippen molar-refractivity contribution in [3.63, 3.8) is 0 Å². The molecule has 1 amide bonds. The summed E-state index contributed by atoms with van der Waals surface area (Å²) in [7, 11) is 0. The molecule has 0 aliphatic carbocycles. The molecule has 0 fully saturated rings. The van der Waals surface area contributed by atoms with Gasteiger partial charge >= 0.3 is 0 Å². The van der Waals surface area contributed by atoms with Crippen LogP contribution in [0.4, 0.5) is 0 Å². The van der Waals surface area contributed by atoms with Crippen LogP contribution in [0.25, 0.3) is 11.0 Å². The standard InChI is InChI=1S/C15H20N2O2/c1-10(11(2)16)15(18)17-8-7-13-9-12-5-3-4-6-14(12)19-13/h3-6,9-11H,7-8,16H2,1-2H3,(H,17,18). The first-order valence-corrected chi connectivity index (χ1v) is 6.58. The van der Waals surface area contributed by atoms with Gasteiger partial charge in [-0.3, -0.25) is 4.79 Å². The van der Waals surface area contributed by atoms with Crippen LogP contribution in [0.3, 0.4) is 0 Å². The van der Waals surface area contributed by atoms with E-state index >= 15 is 0 Å². The van der Waals surface area contributed by atoms with E-state index in [-0.39, 0.29) is 17.9 Å². The third-order valence-corrected chi connectivity index (χ3v) is 3.35. The number of fused-ring (bicyclic) bond motifs is 1. The van der Waals surface area contributed by atoms with Crippen LogP contribution in [-0.4, -0.2) is 18.5 Å². The molecule has 1 aromatic heterocycles. The largest absolute Gasteiger partial charge is 0.461 e. The number of para-hydroxylation sites is 1. The van der Waals surface area contributed by atoms with Gasteiger partial charge in [0.2, 0.25) is 5.91 Å². The number of carbonyl (C=O) groups excluding carboxylic acids is 1. The average Bonchev–Trinajstić information content (AvgIpc) is 2.80. The Bertz CT molecular complexity index is 527. The molecule has 2 rings (SSSR count). The summed E-state index contributed by atoms with van der Waals surface area (Å²) in [5.74, 6) is 0.705. The fourth-order valence-corrected chi connectivity index (χ4v) is 1.87. The van der Waals surface area contributed by atoms with Crippen LogP contribution in [0.1, 0.15) is 19.6 Å². The van der Waals surface area contributed by atoms with Crippen molar-refractivity contribution in [3.8, 4) is 0 Å². The van der Waals surface area contributed by atoms with Gasteiger partial charge in [-0.1, -0.05) is 25.1 Å². The van der Waals surface area contributed by atoms with E-state index in [9.17, 15) is 4.79 Å². The average molecular weight is 260 g/mol. The van der Waals surface area contributed by atoms with Crippen molar-refractivity contribution < 1.29 is 9.21 Å². The van der Waals surface area contributed by atoms with E-state index in [1.807, 2.05) is 44.2 Å². The number of hydrogen-bond donors (Lipinski definition) is 2. The zero-order valence-electron chi connectivity index (χ0n) is 11.3. The molecule has 2 atom stereocenters. The van der Waals surface area contributed by atoms with Crippen LogP contribution in [0, 0.1) is 5.92 Å². The number of rotatable bonds is 5. The number of amides is 1. The summed E-state index contributed by atoms with van der Waals surface area (Å²) in [5.41, 5.74) is 6.57. The predicted octanol–water partition coefficient (Wildman–Crippen LogP) is 2.07. The molecule has 4 nitrogen and oxygen atoms in total. The first kappa shape index (κ1) is 13.6. The van der Waals surface area contributed by atoms with E-state index in [0.29, 0.717) is 13.0 Å². The zero-order chi connectivity index (χ0) is 13.8. The van der Waals surface area contributed by atoms with Crippen LogP contribution in [0.2, 0.25) is 0 Å². The lowest BCUT2D eigenvalue weighted by Crippen LogP contribution is -2.39. The Morgan fingerprint density at radius 2 is 2.11 bits per heavy atom. The number of carbonyl (C=O) groups is 1. The van der Waals surface area contributed by atoms with Crippen LogP contribution in [0.5, 0.6) is 0 Å². The third-order valence-electron chi connectivity index (χ3n) is 3.35. The molecule has 2 unspecified atom stereocenters. The molecular weight excluding hydrogens is 240 g/mol. The van der Waals surface area contributed by atoms with Gasteiger partial charge in [0.1, 0.15) is 11.3 Å². The first-order chi connectivity index (χ1) is 9.08. The van der Waals surface area contributed by atoms with Crippen molar-refractivity contribution in [2.45, 2.75) is 26.3 Å². The summed E-state index contributed by atoms with van der Waals surface area (Å²) in [6.07, 6.45) is 0.687. The third kappa shape index (κ3) is 3.35. The van der Waals surface area contributed by atoms with Crippen molar-refractivity contribution in [3.05, 3.63) is 36.1 Å². The van der Waals surface area contributed by atoms with Crippen LogP contribution in [0.15, 0.2) is 34.7 Å². The number of benzene rings is 1. The molecule has 0 spiro atoms. The first-order valence-electron chi connectivity index (χ1n) is 6.58. The predicted molar refractivity (Wildman–Crippen MR) is 75.7 cm³/mol. The Morgan fingerprint density at radius 3 is 2.79 bits per heavy atom. The molecule has 1 heterocycles. The molecule has 4 heteroatoms. The molecule has 1 aromatic carbocycles. The highest BCUT2D eigenvalue weighted by atomic mass is 16.3.